The lowest BCUT2D eigenvalue weighted by atomic mass is 10.3. The molecule has 1 aromatic heterocycles. The van der Waals surface area contributed by atoms with Gasteiger partial charge in [0.1, 0.15) is 0 Å². The molecule has 0 atom stereocenters. The summed E-state index contributed by atoms with van der Waals surface area (Å²) in [5.41, 5.74) is 0. The third-order valence-corrected chi connectivity index (χ3v) is 3.09. The van der Waals surface area contributed by atoms with Gasteiger partial charge in [-0.3, -0.25) is 4.79 Å². The first kappa shape index (κ1) is 14.3. The number of amides is 1. The molecular weight excluding hydrogens is 258 g/mol. The van der Waals surface area contributed by atoms with Crippen molar-refractivity contribution in [3.8, 4) is 0 Å². The first-order chi connectivity index (χ1) is 9.51. The Kier molecular flexibility index (Phi) is 4.21. The molecule has 8 heteroatoms. The Morgan fingerprint density at radius 2 is 2.00 bits per heavy atom. The van der Waals surface area contributed by atoms with E-state index in [-0.39, 0.29) is 5.91 Å². The maximum Gasteiger partial charge on any atom is 0.242 e. The topological polar surface area (TPSA) is 77.5 Å². The van der Waals surface area contributed by atoms with Crippen molar-refractivity contribution in [3.63, 3.8) is 0 Å². The van der Waals surface area contributed by atoms with Crippen LogP contribution in [0.1, 0.15) is 6.92 Å². The Morgan fingerprint density at radius 3 is 2.60 bits per heavy atom. The van der Waals surface area contributed by atoms with E-state index in [1.54, 1.807) is 4.90 Å². The van der Waals surface area contributed by atoms with Crippen LogP contribution >= 0.6 is 0 Å². The number of hydrogen-bond acceptors (Lipinski definition) is 7. The van der Waals surface area contributed by atoms with Crippen LogP contribution in [0.25, 0.3) is 0 Å². The van der Waals surface area contributed by atoms with Gasteiger partial charge in [-0.25, -0.2) is 0 Å². The summed E-state index contributed by atoms with van der Waals surface area (Å²) in [7, 11) is 5.57. The van der Waals surface area contributed by atoms with E-state index in [9.17, 15) is 4.79 Å². The largest absolute Gasteiger partial charge is 0.354 e. The lowest BCUT2D eigenvalue weighted by molar-refractivity contribution is -0.129. The standard InChI is InChI=1S/C12H21N7O/c1-5-13-10-14-11(17(2)3)16-12(15-10)19-7-6-18(4)9(20)8-19/h5-8H2,1-4H3,(H,13,14,15,16). The SMILES string of the molecule is CCNc1nc(N(C)C)nc(N2CCN(C)C(=O)C2)n1. The molecule has 0 aliphatic carbocycles. The van der Waals surface area contributed by atoms with Gasteiger partial charge in [0, 0.05) is 40.8 Å². The molecule has 1 amide bonds. The van der Waals surface area contributed by atoms with Crippen LogP contribution in [0, 0.1) is 0 Å². The molecule has 8 nitrogen and oxygen atoms in total. The molecule has 20 heavy (non-hydrogen) atoms. The highest BCUT2D eigenvalue weighted by Crippen LogP contribution is 2.16. The second-order valence-corrected chi connectivity index (χ2v) is 4.92. The third kappa shape index (κ3) is 3.06. The molecule has 1 N–H and O–H groups in total. The summed E-state index contributed by atoms with van der Waals surface area (Å²) in [4.78, 5) is 30.3. The van der Waals surface area contributed by atoms with Crippen LogP contribution in [0.5, 0.6) is 0 Å². The summed E-state index contributed by atoms with van der Waals surface area (Å²) in [6, 6.07) is 0. The van der Waals surface area contributed by atoms with E-state index in [1.807, 2.05) is 37.9 Å². The molecule has 0 aromatic carbocycles. The van der Waals surface area contributed by atoms with Crippen LogP contribution in [0.15, 0.2) is 0 Å². The summed E-state index contributed by atoms with van der Waals surface area (Å²) in [6.07, 6.45) is 0. The second kappa shape index (κ2) is 5.89. The number of likely N-dealkylation sites (N-methyl/N-ethyl adjacent to an activating group) is 1. The quantitative estimate of drug-likeness (QED) is 0.807. The number of anilines is 3. The van der Waals surface area contributed by atoms with Gasteiger partial charge in [0.2, 0.25) is 23.8 Å². The van der Waals surface area contributed by atoms with E-state index in [2.05, 4.69) is 20.3 Å². The van der Waals surface area contributed by atoms with Crippen molar-refractivity contribution in [2.45, 2.75) is 6.92 Å². The smallest absolute Gasteiger partial charge is 0.242 e. The Morgan fingerprint density at radius 1 is 1.25 bits per heavy atom. The molecule has 0 radical (unpaired) electrons. The van der Waals surface area contributed by atoms with Crippen LogP contribution in [0.3, 0.4) is 0 Å². The fourth-order valence-electron chi connectivity index (χ4n) is 1.86. The number of aromatic nitrogens is 3. The van der Waals surface area contributed by atoms with Gasteiger partial charge in [-0.15, -0.1) is 0 Å². The van der Waals surface area contributed by atoms with Gasteiger partial charge >= 0.3 is 0 Å². The normalized spacial score (nSPS) is 15.5. The average molecular weight is 279 g/mol. The summed E-state index contributed by atoms with van der Waals surface area (Å²) in [5, 5.41) is 3.09. The molecule has 2 heterocycles. The Labute approximate surface area is 118 Å². The first-order valence-electron chi connectivity index (χ1n) is 6.67. The van der Waals surface area contributed by atoms with Gasteiger partial charge in [0.15, 0.2) is 0 Å². The number of nitrogens with zero attached hydrogens (tertiary/aromatic N) is 6. The molecule has 1 fully saturated rings. The molecule has 0 spiro atoms. The number of carbonyl (C=O) groups is 1. The predicted octanol–water partition coefficient (Wildman–Crippen LogP) is -0.352. The van der Waals surface area contributed by atoms with Crippen molar-refractivity contribution >= 4 is 23.8 Å². The van der Waals surface area contributed by atoms with Gasteiger partial charge in [-0.1, -0.05) is 0 Å². The predicted molar refractivity (Wildman–Crippen MR) is 78.2 cm³/mol. The van der Waals surface area contributed by atoms with E-state index >= 15 is 0 Å². The number of nitrogens with one attached hydrogen (secondary N) is 1. The van der Waals surface area contributed by atoms with Gasteiger partial charge in [0.25, 0.3) is 0 Å². The van der Waals surface area contributed by atoms with E-state index in [4.69, 9.17) is 0 Å². The summed E-state index contributed by atoms with van der Waals surface area (Å²) in [6.45, 7) is 4.43. The molecule has 2 rings (SSSR count). The summed E-state index contributed by atoms with van der Waals surface area (Å²) in [5.74, 6) is 1.74. The molecule has 0 saturated carbocycles. The number of piperazine rings is 1. The van der Waals surface area contributed by atoms with Crippen molar-refractivity contribution in [2.75, 3.05) is 62.4 Å². The molecule has 1 aliphatic heterocycles. The Bertz CT molecular complexity index is 491. The van der Waals surface area contributed by atoms with Gasteiger partial charge in [-0.05, 0) is 6.92 Å². The first-order valence-corrected chi connectivity index (χ1v) is 6.67. The molecule has 1 aliphatic rings. The number of carbonyl (C=O) groups excluding carboxylic acids is 1. The van der Waals surface area contributed by atoms with Crippen molar-refractivity contribution in [3.05, 3.63) is 0 Å². The maximum atomic E-state index is 11.8. The van der Waals surface area contributed by atoms with Gasteiger partial charge < -0.3 is 20.0 Å². The van der Waals surface area contributed by atoms with Crippen molar-refractivity contribution in [1.82, 2.24) is 19.9 Å². The third-order valence-electron chi connectivity index (χ3n) is 3.09. The zero-order valence-electron chi connectivity index (χ0n) is 12.4. The fraction of sp³-hybridized carbons (Fsp3) is 0.667. The lowest BCUT2D eigenvalue weighted by Crippen LogP contribution is -2.49. The van der Waals surface area contributed by atoms with Crippen LogP contribution < -0.4 is 15.1 Å². The second-order valence-electron chi connectivity index (χ2n) is 4.92. The maximum absolute atomic E-state index is 11.8. The molecular formula is C12H21N7O. The molecule has 0 unspecified atom stereocenters. The molecule has 110 valence electrons. The van der Waals surface area contributed by atoms with Gasteiger partial charge in [0.05, 0.1) is 6.54 Å². The minimum Gasteiger partial charge on any atom is -0.354 e. The van der Waals surface area contributed by atoms with Crippen LogP contribution in [-0.2, 0) is 4.79 Å². The monoisotopic (exact) mass is 279 g/mol. The minimum absolute atomic E-state index is 0.0769. The van der Waals surface area contributed by atoms with E-state index in [0.29, 0.717) is 30.9 Å². The van der Waals surface area contributed by atoms with E-state index in [1.165, 1.54) is 0 Å². The van der Waals surface area contributed by atoms with Gasteiger partial charge in [-0.2, -0.15) is 15.0 Å². The fourth-order valence-corrected chi connectivity index (χ4v) is 1.86. The Balaban J connectivity index is 2.28. The molecule has 1 saturated heterocycles. The highest BCUT2D eigenvalue weighted by Gasteiger charge is 2.24. The zero-order valence-corrected chi connectivity index (χ0v) is 12.4. The Hall–Kier alpha value is -2.12. The highest BCUT2D eigenvalue weighted by atomic mass is 16.2. The van der Waals surface area contributed by atoms with Crippen molar-refractivity contribution in [1.29, 1.82) is 0 Å². The van der Waals surface area contributed by atoms with Crippen LogP contribution in [0.4, 0.5) is 17.8 Å². The number of rotatable bonds is 4. The van der Waals surface area contributed by atoms with Crippen LogP contribution in [0.2, 0.25) is 0 Å². The molecule has 0 bridgehead atoms. The lowest BCUT2D eigenvalue weighted by Gasteiger charge is -2.32. The zero-order chi connectivity index (χ0) is 14.7. The van der Waals surface area contributed by atoms with Crippen molar-refractivity contribution in [2.24, 2.45) is 0 Å². The average Bonchev–Trinajstić information content (AvgIpc) is 2.42. The molecule has 1 aromatic rings. The highest BCUT2D eigenvalue weighted by molar-refractivity contribution is 5.82. The summed E-state index contributed by atoms with van der Waals surface area (Å²) >= 11 is 0. The van der Waals surface area contributed by atoms with E-state index in [0.717, 1.165) is 13.1 Å². The minimum atomic E-state index is 0.0769. The van der Waals surface area contributed by atoms with Crippen molar-refractivity contribution < 1.29 is 4.79 Å². The summed E-state index contributed by atoms with van der Waals surface area (Å²) < 4.78 is 0. The van der Waals surface area contributed by atoms with E-state index < -0.39 is 0 Å². The van der Waals surface area contributed by atoms with Crippen LogP contribution in [-0.4, -0.2) is 73.1 Å². The number of hydrogen-bond donors (Lipinski definition) is 1.